The van der Waals surface area contributed by atoms with Gasteiger partial charge >= 0.3 is 0 Å². The highest BCUT2D eigenvalue weighted by Gasteiger charge is 2.20. The molecule has 0 amide bonds. The zero-order valence-corrected chi connectivity index (χ0v) is 17.9. The van der Waals surface area contributed by atoms with Crippen LogP contribution >= 0.6 is 0 Å². The van der Waals surface area contributed by atoms with Crippen molar-refractivity contribution in [3.05, 3.63) is 71.8 Å². The van der Waals surface area contributed by atoms with Gasteiger partial charge in [0.05, 0.1) is 5.39 Å². The van der Waals surface area contributed by atoms with Crippen molar-refractivity contribution in [3.63, 3.8) is 0 Å². The maximum atomic E-state index is 10.9. The number of phenols is 1. The maximum Gasteiger partial charge on any atom is 0.139 e. The highest BCUT2D eigenvalue weighted by atomic mass is 16.3. The van der Waals surface area contributed by atoms with E-state index >= 15 is 0 Å². The Balaban J connectivity index is 1.91. The molecule has 148 valence electrons. The number of phenolic OH excluding ortho intramolecular Hbond substituents is 1. The molecular weight excluding hydrogens is 356 g/mol. The van der Waals surface area contributed by atoms with Crippen molar-refractivity contribution >= 4 is 27.5 Å². The first-order valence-electron chi connectivity index (χ1n) is 10.2. The SMILES string of the molecule is C=C(C)c1ccc(C)c2oc3cc(-c4ccc(C(C)(C)CC)cc4)cc(O)c3c12. The van der Waals surface area contributed by atoms with E-state index in [2.05, 4.69) is 57.7 Å². The lowest BCUT2D eigenvalue weighted by molar-refractivity contribution is 0.481. The predicted molar refractivity (Wildman–Crippen MR) is 124 cm³/mol. The Bertz CT molecular complexity index is 1240. The summed E-state index contributed by atoms with van der Waals surface area (Å²) in [5.74, 6) is 0.238. The molecule has 0 spiro atoms. The fourth-order valence-electron chi connectivity index (χ4n) is 3.95. The predicted octanol–water partition coefficient (Wildman–Crippen LogP) is 7.99. The summed E-state index contributed by atoms with van der Waals surface area (Å²) in [5.41, 5.74) is 8.01. The molecule has 0 fully saturated rings. The molecule has 4 rings (SSSR count). The van der Waals surface area contributed by atoms with Crippen molar-refractivity contribution in [3.8, 4) is 16.9 Å². The van der Waals surface area contributed by atoms with Crippen LogP contribution in [0.3, 0.4) is 0 Å². The Kier molecular flexibility index (Phi) is 4.53. The summed E-state index contributed by atoms with van der Waals surface area (Å²) in [4.78, 5) is 0. The Labute approximate surface area is 172 Å². The standard InChI is InChI=1S/C27H28O2/c1-7-27(5,6)20-11-9-18(10-12-20)19-14-22(28)25-23(15-19)29-26-17(4)8-13-21(16(2)3)24(25)26/h8-15,28H,2,7H2,1,3-6H3. The lowest BCUT2D eigenvalue weighted by atomic mass is 9.82. The van der Waals surface area contributed by atoms with Crippen LogP contribution in [0.1, 0.15) is 50.8 Å². The van der Waals surface area contributed by atoms with Crippen molar-refractivity contribution in [2.75, 3.05) is 0 Å². The minimum atomic E-state index is 0.153. The summed E-state index contributed by atoms with van der Waals surface area (Å²) in [6.45, 7) is 14.8. The van der Waals surface area contributed by atoms with Gasteiger partial charge in [-0.05, 0) is 65.6 Å². The van der Waals surface area contributed by atoms with Crippen molar-refractivity contribution in [1.82, 2.24) is 0 Å². The van der Waals surface area contributed by atoms with Gasteiger partial charge in [0.2, 0.25) is 0 Å². The highest BCUT2D eigenvalue weighted by Crippen LogP contribution is 2.42. The van der Waals surface area contributed by atoms with E-state index in [0.717, 1.165) is 50.6 Å². The molecule has 0 aliphatic carbocycles. The largest absolute Gasteiger partial charge is 0.507 e. The van der Waals surface area contributed by atoms with E-state index in [1.807, 2.05) is 32.0 Å². The first-order chi connectivity index (χ1) is 13.7. The molecule has 3 aromatic carbocycles. The van der Waals surface area contributed by atoms with Gasteiger partial charge in [-0.25, -0.2) is 0 Å². The molecule has 0 saturated carbocycles. The molecule has 1 heterocycles. The second-order valence-electron chi connectivity index (χ2n) is 8.70. The lowest BCUT2D eigenvalue weighted by Gasteiger charge is -2.23. The van der Waals surface area contributed by atoms with Gasteiger partial charge in [-0.1, -0.05) is 69.3 Å². The van der Waals surface area contributed by atoms with E-state index in [1.54, 1.807) is 0 Å². The van der Waals surface area contributed by atoms with Crippen molar-refractivity contribution in [1.29, 1.82) is 0 Å². The molecule has 2 heteroatoms. The summed E-state index contributed by atoms with van der Waals surface area (Å²) >= 11 is 0. The smallest absolute Gasteiger partial charge is 0.139 e. The molecule has 0 aliphatic rings. The molecule has 0 atom stereocenters. The van der Waals surface area contributed by atoms with Gasteiger partial charge in [-0.2, -0.15) is 0 Å². The molecule has 1 N–H and O–H groups in total. The second-order valence-corrected chi connectivity index (χ2v) is 8.70. The van der Waals surface area contributed by atoms with E-state index in [9.17, 15) is 5.11 Å². The fourth-order valence-corrected chi connectivity index (χ4v) is 3.95. The quantitative estimate of drug-likeness (QED) is 0.387. The van der Waals surface area contributed by atoms with E-state index in [-0.39, 0.29) is 11.2 Å². The minimum Gasteiger partial charge on any atom is -0.507 e. The molecule has 0 aliphatic heterocycles. The van der Waals surface area contributed by atoms with E-state index in [1.165, 1.54) is 5.56 Å². The summed E-state index contributed by atoms with van der Waals surface area (Å²) in [6.07, 6.45) is 1.09. The molecule has 2 nitrogen and oxygen atoms in total. The molecule has 0 bridgehead atoms. The summed E-state index contributed by atoms with van der Waals surface area (Å²) in [6, 6.07) is 16.6. The van der Waals surface area contributed by atoms with Gasteiger partial charge in [0.15, 0.2) is 0 Å². The van der Waals surface area contributed by atoms with Crippen LogP contribution in [0.15, 0.2) is 59.5 Å². The monoisotopic (exact) mass is 384 g/mol. The second kappa shape index (κ2) is 6.81. The topological polar surface area (TPSA) is 33.4 Å². The summed E-state index contributed by atoms with van der Waals surface area (Å²) in [7, 11) is 0. The minimum absolute atomic E-state index is 0.153. The van der Waals surface area contributed by atoms with Gasteiger partial charge in [0, 0.05) is 5.39 Å². The Morgan fingerprint density at radius 2 is 1.69 bits per heavy atom. The van der Waals surface area contributed by atoms with Crippen LogP contribution in [0.25, 0.3) is 38.6 Å². The van der Waals surface area contributed by atoms with Crippen molar-refractivity contribution in [2.45, 2.75) is 46.5 Å². The van der Waals surface area contributed by atoms with Gasteiger partial charge in [-0.15, -0.1) is 0 Å². The molecule has 29 heavy (non-hydrogen) atoms. The lowest BCUT2D eigenvalue weighted by Crippen LogP contribution is -2.14. The average Bonchev–Trinajstić information content (AvgIpc) is 3.09. The van der Waals surface area contributed by atoms with E-state index in [4.69, 9.17) is 4.42 Å². The molecular formula is C27H28O2. The number of rotatable bonds is 4. The van der Waals surface area contributed by atoms with Crippen LogP contribution in [-0.4, -0.2) is 5.11 Å². The van der Waals surface area contributed by atoms with Crippen LogP contribution in [0, 0.1) is 6.92 Å². The van der Waals surface area contributed by atoms with Crippen molar-refractivity contribution < 1.29 is 9.52 Å². The Morgan fingerprint density at radius 1 is 1.00 bits per heavy atom. The third kappa shape index (κ3) is 3.13. The van der Waals surface area contributed by atoms with Gasteiger partial charge in [0.25, 0.3) is 0 Å². The third-order valence-corrected chi connectivity index (χ3v) is 6.24. The maximum absolute atomic E-state index is 10.9. The summed E-state index contributed by atoms with van der Waals surface area (Å²) in [5, 5.41) is 12.6. The zero-order chi connectivity index (χ0) is 20.9. The number of fused-ring (bicyclic) bond motifs is 3. The Hall–Kier alpha value is -3.00. The molecule has 0 unspecified atom stereocenters. The first-order valence-corrected chi connectivity index (χ1v) is 10.2. The number of aryl methyl sites for hydroxylation is 1. The number of aromatic hydroxyl groups is 1. The van der Waals surface area contributed by atoms with Crippen LogP contribution in [0.4, 0.5) is 0 Å². The number of hydrogen-bond donors (Lipinski definition) is 1. The molecule has 0 saturated heterocycles. The van der Waals surface area contributed by atoms with E-state index in [0.29, 0.717) is 5.58 Å². The van der Waals surface area contributed by atoms with Crippen molar-refractivity contribution in [2.24, 2.45) is 0 Å². The van der Waals surface area contributed by atoms with Gasteiger partial charge in [0.1, 0.15) is 16.9 Å². The normalized spacial score (nSPS) is 12.0. The number of allylic oxidation sites excluding steroid dienone is 1. The van der Waals surface area contributed by atoms with Crippen LogP contribution < -0.4 is 0 Å². The highest BCUT2D eigenvalue weighted by molar-refractivity contribution is 6.14. The molecule has 4 aromatic rings. The fraction of sp³-hybridized carbons (Fsp3) is 0.259. The third-order valence-electron chi connectivity index (χ3n) is 6.24. The zero-order valence-electron chi connectivity index (χ0n) is 17.9. The Morgan fingerprint density at radius 3 is 2.31 bits per heavy atom. The van der Waals surface area contributed by atoms with E-state index < -0.39 is 0 Å². The van der Waals surface area contributed by atoms with Gasteiger partial charge in [-0.3, -0.25) is 0 Å². The number of benzene rings is 3. The number of furan rings is 1. The van der Waals surface area contributed by atoms with Crippen LogP contribution in [-0.2, 0) is 5.41 Å². The van der Waals surface area contributed by atoms with Gasteiger partial charge < -0.3 is 9.52 Å². The molecule has 1 aromatic heterocycles. The average molecular weight is 385 g/mol. The molecule has 0 radical (unpaired) electrons. The van der Waals surface area contributed by atoms with Crippen LogP contribution in [0.2, 0.25) is 0 Å². The first kappa shape index (κ1) is 19.3. The van der Waals surface area contributed by atoms with Crippen LogP contribution in [0.5, 0.6) is 5.75 Å². The number of hydrogen-bond acceptors (Lipinski definition) is 2. The summed E-state index contributed by atoms with van der Waals surface area (Å²) < 4.78 is 6.21.